The van der Waals surface area contributed by atoms with Gasteiger partial charge >= 0.3 is 5.97 Å². The fourth-order valence-electron chi connectivity index (χ4n) is 2.07. The maximum absolute atomic E-state index is 10.6. The number of hydrogen-bond donors (Lipinski definition) is 2. The van der Waals surface area contributed by atoms with Gasteiger partial charge in [0.05, 0.1) is 0 Å². The third-order valence-corrected chi connectivity index (χ3v) is 4.59. The van der Waals surface area contributed by atoms with E-state index in [0.717, 1.165) is 5.92 Å². The minimum Gasteiger partial charge on any atom is -0.480 e. The number of thioether (sulfide) groups is 1. The van der Waals surface area contributed by atoms with Crippen molar-refractivity contribution >= 4 is 17.7 Å². The van der Waals surface area contributed by atoms with E-state index in [9.17, 15) is 4.79 Å². The standard InChI is InChI=1S/C11H21NO2S/c1-2-8-4-3-5-9(6-8)15-7-10(12)11(13)14/h8-10H,2-7,12H2,1H3,(H,13,14)/t8?,9?,10-/m0/s1. The van der Waals surface area contributed by atoms with Crippen LogP contribution in [0, 0.1) is 5.92 Å². The van der Waals surface area contributed by atoms with Crippen molar-refractivity contribution in [3.8, 4) is 0 Å². The molecule has 0 aromatic heterocycles. The second-order valence-electron chi connectivity index (χ2n) is 4.34. The summed E-state index contributed by atoms with van der Waals surface area (Å²) in [5.74, 6) is 0.513. The Labute approximate surface area is 95.8 Å². The van der Waals surface area contributed by atoms with Crippen LogP contribution in [0.3, 0.4) is 0 Å². The molecule has 3 N–H and O–H groups in total. The van der Waals surface area contributed by atoms with Gasteiger partial charge in [-0.3, -0.25) is 4.79 Å². The van der Waals surface area contributed by atoms with Gasteiger partial charge in [-0.15, -0.1) is 0 Å². The van der Waals surface area contributed by atoms with E-state index < -0.39 is 12.0 Å². The highest BCUT2D eigenvalue weighted by Gasteiger charge is 2.22. The Morgan fingerprint density at radius 3 is 2.93 bits per heavy atom. The number of aliphatic carboxylic acids is 1. The molecule has 1 fully saturated rings. The van der Waals surface area contributed by atoms with Crippen LogP contribution in [0.2, 0.25) is 0 Å². The summed E-state index contributed by atoms with van der Waals surface area (Å²) in [7, 11) is 0. The van der Waals surface area contributed by atoms with Gasteiger partial charge < -0.3 is 10.8 Å². The van der Waals surface area contributed by atoms with Crippen molar-refractivity contribution in [1.82, 2.24) is 0 Å². The quantitative estimate of drug-likeness (QED) is 0.760. The molecule has 0 heterocycles. The highest BCUT2D eigenvalue weighted by Crippen LogP contribution is 2.33. The number of carboxylic acid groups (broad SMARTS) is 1. The lowest BCUT2D eigenvalue weighted by Crippen LogP contribution is -2.33. The number of rotatable bonds is 5. The first-order valence-corrected chi connectivity index (χ1v) is 6.78. The van der Waals surface area contributed by atoms with E-state index in [1.807, 2.05) is 0 Å². The van der Waals surface area contributed by atoms with Crippen LogP contribution in [-0.4, -0.2) is 28.1 Å². The van der Waals surface area contributed by atoms with Crippen LogP contribution in [0.4, 0.5) is 0 Å². The molecule has 0 aromatic rings. The zero-order valence-electron chi connectivity index (χ0n) is 9.32. The zero-order valence-corrected chi connectivity index (χ0v) is 10.1. The Morgan fingerprint density at radius 2 is 2.33 bits per heavy atom. The lowest BCUT2D eigenvalue weighted by Gasteiger charge is -2.28. The summed E-state index contributed by atoms with van der Waals surface area (Å²) in [6.07, 6.45) is 6.36. The molecule has 1 rings (SSSR count). The van der Waals surface area contributed by atoms with Gasteiger partial charge in [-0.25, -0.2) is 0 Å². The van der Waals surface area contributed by atoms with E-state index in [2.05, 4.69) is 6.92 Å². The maximum Gasteiger partial charge on any atom is 0.321 e. The summed E-state index contributed by atoms with van der Waals surface area (Å²) in [6, 6.07) is -0.697. The molecule has 1 aliphatic rings. The van der Waals surface area contributed by atoms with Gasteiger partial charge in [0.25, 0.3) is 0 Å². The fraction of sp³-hybridized carbons (Fsp3) is 0.909. The Hall–Kier alpha value is -0.220. The largest absolute Gasteiger partial charge is 0.480 e. The van der Waals surface area contributed by atoms with E-state index in [-0.39, 0.29) is 0 Å². The number of hydrogen-bond acceptors (Lipinski definition) is 3. The predicted octanol–water partition coefficient (Wildman–Crippen LogP) is 2.10. The van der Waals surface area contributed by atoms with Crippen LogP contribution >= 0.6 is 11.8 Å². The van der Waals surface area contributed by atoms with Gasteiger partial charge in [0, 0.05) is 11.0 Å². The summed E-state index contributed by atoms with van der Waals surface area (Å²) >= 11 is 1.75. The molecule has 0 amide bonds. The fourth-order valence-corrected chi connectivity index (χ4v) is 3.44. The minimum atomic E-state index is -0.884. The first-order valence-electron chi connectivity index (χ1n) is 5.73. The molecule has 15 heavy (non-hydrogen) atoms. The Balaban J connectivity index is 2.23. The first kappa shape index (κ1) is 12.8. The van der Waals surface area contributed by atoms with E-state index >= 15 is 0 Å². The molecule has 3 nitrogen and oxygen atoms in total. The van der Waals surface area contributed by atoms with Crippen molar-refractivity contribution in [2.75, 3.05) is 5.75 Å². The third-order valence-electron chi connectivity index (χ3n) is 3.14. The van der Waals surface area contributed by atoms with Crippen LogP contribution in [-0.2, 0) is 4.79 Å². The Kier molecular flexibility index (Phi) is 5.47. The zero-order chi connectivity index (χ0) is 11.3. The van der Waals surface area contributed by atoms with E-state index in [4.69, 9.17) is 10.8 Å². The summed E-state index contributed by atoms with van der Waals surface area (Å²) < 4.78 is 0. The van der Waals surface area contributed by atoms with Crippen LogP contribution in [0.5, 0.6) is 0 Å². The van der Waals surface area contributed by atoms with E-state index in [1.165, 1.54) is 32.1 Å². The molecule has 3 atom stereocenters. The monoisotopic (exact) mass is 231 g/mol. The van der Waals surface area contributed by atoms with Crippen molar-refractivity contribution < 1.29 is 9.90 Å². The van der Waals surface area contributed by atoms with Crippen LogP contribution in [0.25, 0.3) is 0 Å². The highest BCUT2D eigenvalue weighted by molar-refractivity contribution is 7.99. The van der Waals surface area contributed by atoms with Crippen LogP contribution in [0.15, 0.2) is 0 Å². The predicted molar refractivity (Wildman–Crippen MR) is 64.1 cm³/mol. The van der Waals surface area contributed by atoms with E-state index in [0.29, 0.717) is 11.0 Å². The molecule has 88 valence electrons. The van der Waals surface area contributed by atoms with Gasteiger partial charge in [0.15, 0.2) is 0 Å². The maximum atomic E-state index is 10.6. The lowest BCUT2D eigenvalue weighted by atomic mass is 9.87. The molecule has 1 saturated carbocycles. The van der Waals surface area contributed by atoms with Crippen molar-refractivity contribution in [3.05, 3.63) is 0 Å². The lowest BCUT2D eigenvalue weighted by molar-refractivity contribution is -0.137. The smallest absolute Gasteiger partial charge is 0.321 e. The Morgan fingerprint density at radius 1 is 1.60 bits per heavy atom. The topological polar surface area (TPSA) is 63.3 Å². The summed E-state index contributed by atoms with van der Waals surface area (Å²) in [5.41, 5.74) is 5.48. The molecular formula is C11H21NO2S. The van der Waals surface area contributed by atoms with Crippen molar-refractivity contribution in [2.45, 2.75) is 50.3 Å². The molecule has 0 bridgehead atoms. The molecule has 0 saturated heterocycles. The average Bonchev–Trinajstić information content (AvgIpc) is 2.26. The van der Waals surface area contributed by atoms with Gasteiger partial charge in [0.1, 0.15) is 6.04 Å². The normalized spacial score (nSPS) is 28.7. The molecule has 0 radical (unpaired) electrons. The van der Waals surface area contributed by atoms with Crippen LogP contribution in [0.1, 0.15) is 39.0 Å². The summed E-state index contributed by atoms with van der Waals surface area (Å²) in [4.78, 5) is 10.6. The molecule has 0 aromatic carbocycles. The second-order valence-corrected chi connectivity index (χ2v) is 5.67. The SMILES string of the molecule is CCC1CCCC(SC[C@H](N)C(=O)O)C1. The van der Waals surface area contributed by atoms with Crippen molar-refractivity contribution in [1.29, 1.82) is 0 Å². The molecule has 2 unspecified atom stereocenters. The minimum absolute atomic E-state index is 0.552. The molecule has 1 aliphatic carbocycles. The van der Waals surface area contributed by atoms with Gasteiger partial charge in [0.2, 0.25) is 0 Å². The van der Waals surface area contributed by atoms with Crippen molar-refractivity contribution in [2.24, 2.45) is 11.7 Å². The molecule has 4 heteroatoms. The van der Waals surface area contributed by atoms with Crippen molar-refractivity contribution in [3.63, 3.8) is 0 Å². The highest BCUT2D eigenvalue weighted by atomic mass is 32.2. The summed E-state index contributed by atoms with van der Waals surface area (Å²) in [5, 5.41) is 9.30. The Bertz CT molecular complexity index is 211. The molecular weight excluding hydrogens is 210 g/mol. The number of carbonyl (C=O) groups is 1. The van der Waals surface area contributed by atoms with Gasteiger partial charge in [-0.2, -0.15) is 11.8 Å². The average molecular weight is 231 g/mol. The number of nitrogens with two attached hydrogens (primary N) is 1. The first-order chi connectivity index (χ1) is 7.13. The van der Waals surface area contributed by atoms with Crippen LogP contribution < -0.4 is 5.73 Å². The second kappa shape index (κ2) is 6.38. The summed E-state index contributed by atoms with van der Waals surface area (Å²) in [6.45, 7) is 2.24. The van der Waals surface area contributed by atoms with Gasteiger partial charge in [-0.05, 0) is 18.8 Å². The third kappa shape index (κ3) is 4.43. The number of carboxylic acids is 1. The molecule has 0 spiro atoms. The molecule has 0 aliphatic heterocycles. The van der Waals surface area contributed by atoms with E-state index in [1.54, 1.807) is 11.8 Å². The van der Waals surface area contributed by atoms with Gasteiger partial charge in [-0.1, -0.05) is 26.2 Å².